The van der Waals surface area contributed by atoms with Crippen molar-refractivity contribution in [3.05, 3.63) is 6.42 Å². The second kappa shape index (κ2) is 25.0. The van der Waals surface area contributed by atoms with Crippen LogP contribution in [0, 0.1) is 6.42 Å². The molecule has 157 valence electrons. The zero-order valence-electron chi connectivity index (χ0n) is 18.8. The molecule has 0 aliphatic carbocycles. The van der Waals surface area contributed by atoms with Gasteiger partial charge in [0.25, 0.3) is 0 Å². The van der Waals surface area contributed by atoms with Gasteiger partial charge < -0.3 is 0 Å². The Labute approximate surface area is 168 Å². The largest absolute Gasteiger partial charge is 0.0654 e. The first-order chi connectivity index (χ1) is 12.9. The SMILES string of the molecule is CCCCC[CH]CCCCCCCCCCCCCCCCCCCC. The maximum absolute atomic E-state index is 2.53. The number of hydrogen-bond acceptors (Lipinski definition) is 0. The molecule has 0 heteroatoms. The van der Waals surface area contributed by atoms with Gasteiger partial charge in [0.05, 0.1) is 0 Å². The first-order valence-corrected chi connectivity index (χ1v) is 12.7. The molecular weight excluding hydrogens is 312 g/mol. The molecule has 0 N–H and O–H groups in total. The molecule has 0 nitrogen and oxygen atoms in total. The average molecular weight is 366 g/mol. The summed E-state index contributed by atoms with van der Waals surface area (Å²) in [5.74, 6) is 0. The van der Waals surface area contributed by atoms with Crippen molar-refractivity contribution < 1.29 is 0 Å². The van der Waals surface area contributed by atoms with Gasteiger partial charge in [0, 0.05) is 0 Å². The number of unbranched alkanes of at least 4 members (excludes halogenated alkanes) is 23. The van der Waals surface area contributed by atoms with Crippen LogP contribution in [0.4, 0.5) is 0 Å². The van der Waals surface area contributed by atoms with Crippen LogP contribution in [0.15, 0.2) is 0 Å². The zero-order chi connectivity index (χ0) is 19.0. The Hall–Kier alpha value is 0. The summed E-state index contributed by atoms with van der Waals surface area (Å²) < 4.78 is 0. The summed E-state index contributed by atoms with van der Waals surface area (Å²) in [5, 5.41) is 0. The summed E-state index contributed by atoms with van der Waals surface area (Å²) in [6, 6.07) is 0. The highest BCUT2D eigenvalue weighted by atomic mass is 14.0. The summed E-state index contributed by atoms with van der Waals surface area (Å²) in [4.78, 5) is 0. The third kappa shape index (κ3) is 24.0. The van der Waals surface area contributed by atoms with Crippen molar-refractivity contribution in [1.29, 1.82) is 0 Å². The monoisotopic (exact) mass is 365 g/mol. The fraction of sp³-hybridized carbons (Fsp3) is 0.962. The van der Waals surface area contributed by atoms with E-state index in [2.05, 4.69) is 20.3 Å². The van der Waals surface area contributed by atoms with Gasteiger partial charge in [-0.05, 0) is 6.42 Å². The van der Waals surface area contributed by atoms with Crippen LogP contribution in [0.3, 0.4) is 0 Å². The lowest BCUT2D eigenvalue weighted by Gasteiger charge is -2.04. The number of rotatable bonds is 23. The highest BCUT2D eigenvalue weighted by Crippen LogP contribution is 2.15. The van der Waals surface area contributed by atoms with Gasteiger partial charge in [0.1, 0.15) is 0 Å². The maximum Gasteiger partial charge on any atom is -0.0386 e. The molecule has 0 saturated heterocycles. The Bertz CT molecular complexity index is 196. The first kappa shape index (κ1) is 26.0. The van der Waals surface area contributed by atoms with E-state index in [1.807, 2.05) is 0 Å². The quantitative estimate of drug-likeness (QED) is 0.158. The van der Waals surface area contributed by atoms with Crippen LogP contribution >= 0.6 is 0 Å². The lowest BCUT2D eigenvalue weighted by Crippen LogP contribution is -1.84. The summed E-state index contributed by atoms with van der Waals surface area (Å²) in [7, 11) is 0. The second-order valence-electron chi connectivity index (χ2n) is 8.58. The van der Waals surface area contributed by atoms with E-state index in [1.54, 1.807) is 0 Å². The molecule has 0 saturated carbocycles. The predicted molar refractivity (Wildman–Crippen MR) is 122 cm³/mol. The summed E-state index contributed by atoms with van der Waals surface area (Å²) in [5.41, 5.74) is 0. The van der Waals surface area contributed by atoms with Crippen LogP contribution in [0.1, 0.15) is 162 Å². The highest BCUT2D eigenvalue weighted by Gasteiger charge is 1.95. The molecule has 0 spiro atoms. The molecular formula is C26H53. The molecule has 0 unspecified atom stereocenters. The topological polar surface area (TPSA) is 0 Å². The lowest BCUT2D eigenvalue weighted by atomic mass is 10.0. The third-order valence-corrected chi connectivity index (χ3v) is 5.77. The Morgan fingerprint density at radius 1 is 0.308 bits per heavy atom. The minimum atomic E-state index is 1.35. The molecule has 0 aromatic heterocycles. The van der Waals surface area contributed by atoms with E-state index in [-0.39, 0.29) is 0 Å². The van der Waals surface area contributed by atoms with E-state index in [4.69, 9.17) is 0 Å². The van der Waals surface area contributed by atoms with Gasteiger partial charge in [-0.25, -0.2) is 0 Å². The molecule has 0 aliphatic heterocycles. The van der Waals surface area contributed by atoms with Crippen molar-refractivity contribution in [2.45, 2.75) is 162 Å². The molecule has 0 aromatic carbocycles. The Morgan fingerprint density at radius 2 is 0.538 bits per heavy atom. The molecule has 0 amide bonds. The van der Waals surface area contributed by atoms with Crippen LogP contribution in [0.5, 0.6) is 0 Å². The van der Waals surface area contributed by atoms with E-state index in [1.165, 1.54) is 148 Å². The second-order valence-corrected chi connectivity index (χ2v) is 8.58. The molecule has 0 rings (SSSR count). The highest BCUT2D eigenvalue weighted by molar-refractivity contribution is 4.64. The predicted octanol–water partition coefficient (Wildman–Crippen LogP) is 10.2. The molecule has 0 fully saturated rings. The standard InChI is InChI=1S/C26H53/c1-3-5-7-9-11-13-15-17-19-21-23-25-26-24-22-20-18-16-14-12-10-8-6-4-2/h11H,3-10,12-26H2,1-2H3. The Kier molecular flexibility index (Phi) is 25.0. The summed E-state index contributed by atoms with van der Waals surface area (Å²) in [6.45, 7) is 4.59. The minimum absolute atomic E-state index is 1.35. The average Bonchev–Trinajstić information content (AvgIpc) is 2.66. The molecule has 0 bridgehead atoms. The Morgan fingerprint density at radius 3 is 0.885 bits per heavy atom. The van der Waals surface area contributed by atoms with Gasteiger partial charge in [-0.2, -0.15) is 0 Å². The van der Waals surface area contributed by atoms with Crippen molar-refractivity contribution >= 4 is 0 Å². The fourth-order valence-corrected chi connectivity index (χ4v) is 3.87. The Balaban J connectivity index is 2.95. The summed E-state index contributed by atoms with van der Waals surface area (Å²) >= 11 is 0. The van der Waals surface area contributed by atoms with Crippen molar-refractivity contribution in [3.8, 4) is 0 Å². The lowest BCUT2D eigenvalue weighted by molar-refractivity contribution is 0.524. The third-order valence-electron chi connectivity index (χ3n) is 5.77. The van der Waals surface area contributed by atoms with Crippen LogP contribution in [0.2, 0.25) is 0 Å². The first-order valence-electron chi connectivity index (χ1n) is 12.7. The molecule has 26 heavy (non-hydrogen) atoms. The van der Waals surface area contributed by atoms with E-state index in [0.29, 0.717) is 0 Å². The maximum atomic E-state index is 2.53. The van der Waals surface area contributed by atoms with Crippen LogP contribution in [-0.4, -0.2) is 0 Å². The van der Waals surface area contributed by atoms with Crippen LogP contribution in [0.25, 0.3) is 0 Å². The van der Waals surface area contributed by atoms with Crippen molar-refractivity contribution in [1.82, 2.24) is 0 Å². The minimum Gasteiger partial charge on any atom is -0.0654 e. The molecule has 0 heterocycles. The van der Waals surface area contributed by atoms with Crippen molar-refractivity contribution in [2.75, 3.05) is 0 Å². The smallest absolute Gasteiger partial charge is 0.0386 e. The zero-order valence-corrected chi connectivity index (χ0v) is 18.8. The van der Waals surface area contributed by atoms with Gasteiger partial charge in [-0.1, -0.05) is 162 Å². The van der Waals surface area contributed by atoms with E-state index < -0.39 is 0 Å². The molecule has 0 atom stereocenters. The van der Waals surface area contributed by atoms with Crippen LogP contribution < -0.4 is 0 Å². The van der Waals surface area contributed by atoms with Crippen LogP contribution in [-0.2, 0) is 0 Å². The molecule has 1 radical (unpaired) electrons. The van der Waals surface area contributed by atoms with Gasteiger partial charge in [-0.15, -0.1) is 0 Å². The van der Waals surface area contributed by atoms with Crippen molar-refractivity contribution in [3.63, 3.8) is 0 Å². The van der Waals surface area contributed by atoms with Crippen molar-refractivity contribution in [2.24, 2.45) is 0 Å². The summed E-state index contributed by atoms with van der Waals surface area (Å²) in [6.07, 6.45) is 35.9. The van der Waals surface area contributed by atoms with Gasteiger partial charge in [0.2, 0.25) is 0 Å². The normalized spacial score (nSPS) is 11.3. The molecule has 0 aliphatic rings. The van der Waals surface area contributed by atoms with Gasteiger partial charge in [-0.3, -0.25) is 0 Å². The van der Waals surface area contributed by atoms with Gasteiger partial charge >= 0.3 is 0 Å². The molecule has 0 aromatic rings. The van der Waals surface area contributed by atoms with E-state index in [9.17, 15) is 0 Å². The van der Waals surface area contributed by atoms with Gasteiger partial charge in [0.15, 0.2) is 0 Å². The number of hydrogen-bond donors (Lipinski definition) is 0. The van der Waals surface area contributed by atoms with E-state index in [0.717, 1.165) is 0 Å². The fourth-order valence-electron chi connectivity index (χ4n) is 3.87. The van der Waals surface area contributed by atoms with E-state index >= 15 is 0 Å².